The summed E-state index contributed by atoms with van der Waals surface area (Å²) in [6, 6.07) is 2.69. The monoisotopic (exact) mass is 178 g/mol. The van der Waals surface area contributed by atoms with Gasteiger partial charge in [-0.15, -0.1) is 0 Å². The van der Waals surface area contributed by atoms with Crippen LogP contribution in [0.25, 0.3) is 10.9 Å². The number of fused-ring (bicyclic) bond motifs is 1. The Hall–Kier alpha value is -1.71. The van der Waals surface area contributed by atoms with Crippen molar-refractivity contribution in [1.82, 2.24) is 10.2 Å². The van der Waals surface area contributed by atoms with Gasteiger partial charge in [-0.3, -0.25) is 9.89 Å². The fraction of sp³-hybridized carbons (Fsp3) is 0.111. The molecule has 0 unspecified atom stereocenters. The molecule has 1 N–H and O–H groups in total. The first-order valence-electron chi connectivity index (χ1n) is 3.82. The maximum atomic E-state index is 13.2. The third-order valence-electron chi connectivity index (χ3n) is 2.00. The van der Waals surface area contributed by atoms with Crippen LogP contribution in [0.15, 0.2) is 12.1 Å². The van der Waals surface area contributed by atoms with Crippen molar-refractivity contribution in [3.8, 4) is 0 Å². The molecule has 1 aromatic heterocycles. The molecule has 1 heterocycles. The number of hydrogen-bond donors (Lipinski definition) is 1. The van der Waals surface area contributed by atoms with Crippen molar-refractivity contribution in [2.45, 2.75) is 6.92 Å². The molecule has 0 aliphatic rings. The number of halogens is 1. The molecule has 2 aromatic rings. The first kappa shape index (κ1) is 7.91. The molecule has 0 bridgehead atoms. The van der Waals surface area contributed by atoms with E-state index in [0.717, 1.165) is 0 Å². The van der Waals surface area contributed by atoms with Crippen molar-refractivity contribution in [3.05, 3.63) is 29.2 Å². The minimum atomic E-state index is -0.355. The number of rotatable bonds is 1. The number of aromatic nitrogens is 2. The van der Waals surface area contributed by atoms with Crippen LogP contribution in [-0.2, 0) is 0 Å². The van der Waals surface area contributed by atoms with Gasteiger partial charge in [0.15, 0.2) is 6.29 Å². The molecular weight excluding hydrogens is 171 g/mol. The van der Waals surface area contributed by atoms with E-state index in [1.54, 1.807) is 6.92 Å². The summed E-state index contributed by atoms with van der Waals surface area (Å²) in [5, 5.41) is 6.89. The van der Waals surface area contributed by atoms with E-state index in [1.165, 1.54) is 12.1 Å². The third-order valence-corrected chi connectivity index (χ3v) is 2.00. The molecule has 1 aromatic carbocycles. The molecule has 0 aliphatic heterocycles. The molecule has 3 nitrogen and oxygen atoms in total. The van der Waals surface area contributed by atoms with Gasteiger partial charge < -0.3 is 0 Å². The minimum Gasteiger partial charge on any atom is -0.298 e. The van der Waals surface area contributed by atoms with Gasteiger partial charge in [0.1, 0.15) is 11.3 Å². The second kappa shape index (κ2) is 2.65. The standard InChI is InChI=1S/C9H7FN2O/c1-5-8-7(10)3-2-6(4-13)9(8)12-11-5/h2-4H,1H3,(H,11,12). The van der Waals surface area contributed by atoms with Gasteiger partial charge in [0.2, 0.25) is 0 Å². The van der Waals surface area contributed by atoms with Crippen molar-refractivity contribution in [2.75, 3.05) is 0 Å². The van der Waals surface area contributed by atoms with E-state index in [2.05, 4.69) is 10.2 Å². The van der Waals surface area contributed by atoms with E-state index in [1.807, 2.05) is 0 Å². The molecule has 0 saturated heterocycles. The first-order valence-corrected chi connectivity index (χ1v) is 3.82. The SMILES string of the molecule is Cc1[nH]nc2c(C=O)ccc(F)c12. The van der Waals surface area contributed by atoms with Gasteiger partial charge in [-0.2, -0.15) is 5.10 Å². The number of aromatic amines is 1. The van der Waals surface area contributed by atoms with Crippen LogP contribution in [0, 0.1) is 12.7 Å². The molecule has 4 heteroatoms. The van der Waals surface area contributed by atoms with Gasteiger partial charge in [0.25, 0.3) is 0 Å². The highest BCUT2D eigenvalue weighted by atomic mass is 19.1. The van der Waals surface area contributed by atoms with E-state index >= 15 is 0 Å². The van der Waals surface area contributed by atoms with Crippen molar-refractivity contribution in [1.29, 1.82) is 0 Å². The summed E-state index contributed by atoms with van der Waals surface area (Å²) in [5.41, 5.74) is 1.43. The maximum absolute atomic E-state index is 13.2. The van der Waals surface area contributed by atoms with E-state index in [9.17, 15) is 9.18 Å². The number of nitrogens with zero attached hydrogens (tertiary/aromatic N) is 1. The van der Waals surface area contributed by atoms with Gasteiger partial charge in [-0.05, 0) is 19.1 Å². The van der Waals surface area contributed by atoms with Gasteiger partial charge in [0.05, 0.1) is 5.39 Å². The zero-order chi connectivity index (χ0) is 9.42. The number of nitrogens with one attached hydrogen (secondary N) is 1. The second-order valence-corrected chi connectivity index (χ2v) is 2.83. The highest BCUT2D eigenvalue weighted by molar-refractivity contribution is 5.96. The Morgan fingerprint density at radius 1 is 1.54 bits per heavy atom. The number of hydrogen-bond acceptors (Lipinski definition) is 2. The Labute approximate surface area is 73.6 Å². The van der Waals surface area contributed by atoms with Crippen molar-refractivity contribution in [3.63, 3.8) is 0 Å². The number of benzene rings is 1. The van der Waals surface area contributed by atoms with Gasteiger partial charge in [-0.25, -0.2) is 4.39 Å². The normalized spacial score (nSPS) is 10.6. The molecule has 0 amide bonds. The summed E-state index contributed by atoms with van der Waals surface area (Å²) in [4.78, 5) is 10.6. The van der Waals surface area contributed by atoms with Crippen molar-refractivity contribution >= 4 is 17.2 Å². The number of carbonyl (C=O) groups excluding carboxylic acids is 1. The zero-order valence-corrected chi connectivity index (χ0v) is 6.97. The minimum absolute atomic E-state index is 0.355. The van der Waals surface area contributed by atoms with Crippen LogP contribution in [0.5, 0.6) is 0 Å². The Balaban J connectivity index is 2.95. The number of carbonyl (C=O) groups is 1. The van der Waals surface area contributed by atoms with Crippen LogP contribution in [0.3, 0.4) is 0 Å². The molecule has 0 saturated carbocycles. The van der Waals surface area contributed by atoms with Crippen LogP contribution in [0.4, 0.5) is 4.39 Å². The largest absolute Gasteiger partial charge is 0.298 e. The number of aldehydes is 1. The third kappa shape index (κ3) is 1.02. The molecule has 0 radical (unpaired) electrons. The Kier molecular flexibility index (Phi) is 1.62. The molecular formula is C9H7FN2O. The molecule has 66 valence electrons. The summed E-state index contributed by atoms with van der Waals surface area (Å²) >= 11 is 0. The van der Waals surface area contributed by atoms with E-state index in [-0.39, 0.29) is 5.82 Å². The summed E-state index contributed by atoms with van der Waals surface area (Å²) in [6.07, 6.45) is 0.669. The lowest BCUT2D eigenvalue weighted by atomic mass is 10.1. The lowest BCUT2D eigenvalue weighted by molar-refractivity contribution is 0.112. The average Bonchev–Trinajstić information content (AvgIpc) is 2.50. The lowest BCUT2D eigenvalue weighted by Crippen LogP contribution is -1.85. The number of aryl methyl sites for hydroxylation is 1. The molecule has 0 aliphatic carbocycles. The Morgan fingerprint density at radius 3 is 3.00 bits per heavy atom. The fourth-order valence-electron chi connectivity index (χ4n) is 1.35. The summed E-state index contributed by atoms with van der Waals surface area (Å²) in [5.74, 6) is -0.355. The second-order valence-electron chi connectivity index (χ2n) is 2.83. The average molecular weight is 178 g/mol. The van der Waals surface area contributed by atoms with Crippen LogP contribution in [0.1, 0.15) is 16.1 Å². The lowest BCUT2D eigenvalue weighted by Gasteiger charge is -1.94. The van der Waals surface area contributed by atoms with Crippen molar-refractivity contribution in [2.24, 2.45) is 0 Å². The molecule has 0 atom stereocenters. The van der Waals surface area contributed by atoms with Crippen LogP contribution >= 0.6 is 0 Å². The van der Waals surface area contributed by atoms with E-state index in [4.69, 9.17) is 0 Å². The predicted octanol–water partition coefficient (Wildman–Crippen LogP) is 1.82. The summed E-state index contributed by atoms with van der Waals surface area (Å²) in [6.45, 7) is 1.72. The molecule has 0 spiro atoms. The van der Waals surface area contributed by atoms with E-state index in [0.29, 0.717) is 28.4 Å². The van der Waals surface area contributed by atoms with Gasteiger partial charge in [-0.1, -0.05) is 0 Å². The quantitative estimate of drug-likeness (QED) is 0.677. The summed E-state index contributed by atoms with van der Waals surface area (Å²) in [7, 11) is 0. The van der Waals surface area contributed by atoms with Gasteiger partial charge >= 0.3 is 0 Å². The molecule has 0 fully saturated rings. The topological polar surface area (TPSA) is 45.8 Å². The predicted molar refractivity (Wildman–Crippen MR) is 46.2 cm³/mol. The van der Waals surface area contributed by atoms with Gasteiger partial charge in [0, 0.05) is 11.3 Å². The zero-order valence-electron chi connectivity index (χ0n) is 6.97. The van der Waals surface area contributed by atoms with Crippen LogP contribution in [-0.4, -0.2) is 16.5 Å². The Morgan fingerprint density at radius 2 is 2.31 bits per heavy atom. The molecule has 2 rings (SSSR count). The van der Waals surface area contributed by atoms with E-state index < -0.39 is 0 Å². The van der Waals surface area contributed by atoms with Crippen molar-refractivity contribution < 1.29 is 9.18 Å². The Bertz CT molecular complexity index is 476. The smallest absolute Gasteiger partial charge is 0.152 e. The number of H-pyrrole nitrogens is 1. The molecule has 13 heavy (non-hydrogen) atoms. The highest BCUT2D eigenvalue weighted by Gasteiger charge is 2.10. The fourth-order valence-corrected chi connectivity index (χ4v) is 1.35. The summed E-state index contributed by atoms with van der Waals surface area (Å²) < 4.78 is 13.2. The maximum Gasteiger partial charge on any atom is 0.152 e. The van der Waals surface area contributed by atoms with Crippen LogP contribution < -0.4 is 0 Å². The van der Waals surface area contributed by atoms with Crippen LogP contribution in [0.2, 0.25) is 0 Å². The first-order chi connectivity index (χ1) is 6.24. The highest BCUT2D eigenvalue weighted by Crippen LogP contribution is 2.21.